The van der Waals surface area contributed by atoms with E-state index < -0.39 is 5.60 Å². The van der Waals surface area contributed by atoms with Gasteiger partial charge in [0, 0.05) is 18.0 Å². The number of rotatable bonds is 1. The molecule has 0 saturated carbocycles. The molecule has 0 aromatic carbocycles. The van der Waals surface area contributed by atoms with Crippen molar-refractivity contribution in [2.75, 3.05) is 0 Å². The number of nitrogens with zero attached hydrogens (tertiary/aromatic N) is 1. The normalized spacial score (nSPS) is 32.9. The maximum Gasteiger partial charge on any atom is 0.410 e. The van der Waals surface area contributed by atoms with Gasteiger partial charge in [0.15, 0.2) is 0 Å². The van der Waals surface area contributed by atoms with Gasteiger partial charge in [-0.3, -0.25) is 0 Å². The fourth-order valence-electron chi connectivity index (χ4n) is 2.78. The Morgan fingerprint density at radius 3 is 2.56 bits per heavy atom. The molecule has 3 unspecified atom stereocenters. The summed E-state index contributed by atoms with van der Waals surface area (Å²) < 4.78 is 5.37. The second kappa shape index (κ2) is 3.75. The summed E-state index contributed by atoms with van der Waals surface area (Å²) in [5, 5.41) is 0. The van der Waals surface area contributed by atoms with Crippen molar-refractivity contribution in [3.63, 3.8) is 0 Å². The predicted octanol–water partition coefficient (Wildman–Crippen LogP) is 1.97. The number of hydrogen-bond donors (Lipinski definition) is 0. The number of hydrogen-bond acceptors (Lipinski definition) is 3. The Morgan fingerprint density at radius 1 is 1.38 bits per heavy atom. The third-order valence-corrected chi connectivity index (χ3v) is 3.36. The first-order chi connectivity index (χ1) is 7.42. The highest BCUT2D eigenvalue weighted by Crippen LogP contribution is 2.41. The van der Waals surface area contributed by atoms with Gasteiger partial charge in [-0.1, -0.05) is 0 Å². The van der Waals surface area contributed by atoms with Crippen LogP contribution in [0.4, 0.5) is 4.79 Å². The van der Waals surface area contributed by atoms with Gasteiger partial charge in [0.05, 0.1) is 0 Å². The van der Waals surface area contributed by atoms with Crippen LogP contribution in [-0.4, -0.2) is 35.0 Å². The van der Waals surface area contributed by atoms with Crippen molar-refractivity contribution < 1.29 is 14.3 Å². The second-order valence-electron chi connectivity index (χ2n) is 5.72. The molecule has 3 atom stereocenters. The molecule has 2 aliphatic rings. The molecular weight excluding hydrogens is 206 g/mol. The summed E-state index contributed by atoms with van der Waals surface area (Å²) >= 11 is 0. The summed E-state index contributed by atoms with van der Waals surface area (Å²) in [5.41, 5.74) is -0.463. The molecule has 0 N–H and O–H groups in total. The van der Waals surface area contributed by atoms with E-state index in [1.54, 1.807) is 4.90 Å². The van der Waals surface area contributed by atoms with Crippen LogP contribution in [0.5, 0.6) is 0 Å². The van der Waals surface area contributed by atoms with Crippen LogP contribution < -0.4 is 0 Å². The Hall–Kier alpha value is -1.06. The van der Waals surface area contributed by atoms with Crippen molar-refractivity contribution in [1.82, 2.24) is 4.90 Å². The largest absolute Gasteiger partial charge is 0.444 e. The van der Waals surface area contributed by atoms with Gasteiger partial charge in [-0.15, -0.1) is 0 Å². The zero-order chi connectivity index (χ0) is 11.9. The van der Waals surface area contributed by atoms with E-state index in [9.17, 15) is 9.59 Å². The Bertz CT molecular complexity index is 308. The van der Waals surface area contributed by atoms with Crippen LogP contribution in [-0.2, 0) is 9.53 Å². The van der Waals surface area contributed by atoms with Crippen LogP contribution in [0.3, 0.4) is 0 Å². The molecule has 1 amide bonds. The Kier molecular flexibility index (Phi) is 2.68. The molecule has 4 heteroatoms. The molecule has 2 fully saturated rings. The van der Waals surface area contributed by atoms with E-state index >= 15 is 0 Å². The van der Waals surface area contributed by atoms with E-state index in [4.69, 9.17) is 4.74 Å². The minimum Gasteiger partial charge on any atom is -0.444 e. The lowest BCUT2D eigenvalue weighted by Crippen LogP contribution is -2.40. The molecular formula is C12H19NO3. The highest BCUT2D eigenvalue weighted by Gasteiger charge is 2.49. The van der Waals surface area contributed by atoms with E-state index in [1.165, 1.54) is 0 Å². The summed E-state index contributed by atoms with van der Waals surface area (Å²) in [6.45, 7) is 5.58. The average molecular weight is 225 g/mol. The van der Waals surface area contributed by atoms with Crippen LogP contribution in [0, 0.1) is 5.92 Å². The van der Waals surface area contributed by atoms with Crippen LogP contribution in [0.25, 0.3) is 0 Å². The van der Waals surface area contributed by atoms with Crippen LogP contribution >= 0.6 is 0 Å². The fourth-order valence-corrected chi connectivity index (χ4v) is 2.78. The van der Waals surface area contributed by atoms with Gasteiger partial charge in [-0.25, -0.2) is 4.79 Å². The lowest BCUT2D eigenvalue weighted by Gasteiger charge is -2.27. The first kappa shape index (κ1) is 11.4. The minimum absolute atomic E-state index is 0.0197. The standard InChI is InChI=1S/C12H19NO3/c1-12(2,3)16-11(15)13-9-4-5-10(13)8(6-9)7-14/h7-10H,4-6H2,1-3H3. The van der Waals surface area contributed by atoms with Crippen molar-refractivity contribution in [2.24, 2.45) is 5.92 Å². The van der Waals surface area contributed by atoms with E-state index in [0.717, 1.165) is 25.5 Å². The smallest absolute Gasteiger partial charge is 0.410 e. The third kappa shape index (κ3) is 1.93. The Labute approximate surface area is 95.9 Å². The fraction of sp³-hybridized carbons (Fsp3) is 0.833. The summed E-state index contributed by atoms with van der Waals surface area (Å²) in [6.07, 6.45) is 3.49. The molecule has 16 heavy (non-hydrogen) atoms. The summed E-state index contributed by atoms with van der Waals surface area (Å²) in [4.78, 5) is 24.6. The summed E-state index contributed by atoms with van der Waals surface area (Å²) in [5.74, 6) is 0.0197. The van der Waals surface area contributed by atoms with Gasteiger partial charge in [-0.2, -0.15) is 0 Å². The van der Waals surface area contributed by atoms with Crippen molar-refractivity contribution in [1.29, 1.82) is 0 Å². The lowest BCUT2D eigenvalue weighted by molar-refractivity contribution is -0.111. The van der Waals surface area contributed by atoms with Gasteiger partial charge >= 0.3 is 6.09 Å². The maximum atomic E-state index is 12.0. The third-order valence-electron chi connectivity index (χ3n) is 3.36. The molecule has 0 spiro atoms. The minimum atomic E-state index is -0.463. The predicted molar refractivity (Wildman–Crippen MR) is 59.1 cm³/mol. The molecule has 2 saturated heterocycles. The Morgan fingerprint density at radius 2 is 2.06 bits per heavy atom. The average Bonchev–Trinajstić information content (AvgIpc) is 2.70. The van der Waals surface area contributed by atoms with Gasteiger partial charge in [0.25, 0.3) is 0 Å². The monoisotopic (exact) mass is 225 g/mol. The number of carbonyl (C=O) groups is 2. The van der Waals surface area contributed by atoms with Crippen molar-refractivity contribution in [3.05, 3.63) is 0 Å². The number of aldehydes is 1. The maximum absolute atomic E-state index is 12.0. The molecule has 90 valence electrons. The zero-order valence-corrected chi connectivity index (χ0v) is 10.1. The van der Waals surface area contributed by atoms with Crippen molar-refractivity contribution >= 4 is 12.4 Å². The molecule has 2 heterocycles. The van der Waals surface area contributed by atoms with Gasteiger partial charge < -0.3 is 14.4 Å². The quantitative estimate of drug-likeness (QED) is 0.641. The summed E-state index contributed by atoms with van der Waals surface area (Å²) in [6, 6.07) is 0.299. The SMILES string of the molecule is CC(C)(C)OC(=O)N1C2CCC1C(C=O)C2. The molecule has 4 nitrogen and oxygen atoms in total. The van der Waals surface area contributed by atoms with Crippen molar-refractivity contribution in [3.8, 4) is 0 Å². The molecule has 0 aromatic rings. The molecule has 2 aliphatic heterocycles. The number of amides is 1. The highest BCUT2D eigenvalue weighted by atomic mass is 16.6. The number of fused-ring (bicyclic) bond motifs is 2. The van der Waals surface area contributed by atoms with Crippen LogP contribution in [0.15, 0.2) is 0 Å². The van der Waals surface area contributed by atoms with E-state index in [2.05, 4.69) is 0 Å². The first-order valence-corrected chi connectivity index (χ1v) is 5.89. The lowest BCUT2D eigenvalue weighted by atomic mass is 9.90. The van der Waals surface area contributed by atoms with Gasteiger partial charge in [0.1, 0.15) is 11.9 Å². The second-order valence-corrected chi connectivity index (χ2v) is 5.72. The molecule has 0 aliphatic carbocycles. The molecule has 2 bridgehead atoms. The van der Waals surface area contributed by atoms with Gasteiger partial charge in [-0.05, 0) is 40.0 Å². The topological polar surface area (TPSA) is 46.6 Å². The first-order valence-electron chi connectivity index (χ1n) is 5.89. The zero-order valence-electron chi connectivity index (χ0n) is 10.1. The Balaban J connectivity index is 2.06. The van der Waals surface area contributed by atoms with E-state index in [0.29, 0.717) is 0 Å². The highest BCUT2D eigenvalue weighted by molar-refractivity contribution is 5.72. The molecule has 0 aromatic heterocycles. The van der Waals surface area contributed by atoms with E-state index in [1.807, 2.05) is 20.8 Å². The van der Waals surface area contributed by atoms with Crippen LogP contribution in [0.2, 0.25) is 0 Å². The number of carbonyl (C=O) groups excluding carboxylic acids is 2. The van der Waals surface area contributed by atoms with E-state index in [-0.39, 0.29) is 24.1 Å². The number of ether oxygens (including phenoxy) is 1. The molecule has 2 rings (SSSR count). The van der Waals surface area contributed by atoms with Crippen LogP contribution in [0.1, 0.15) is 40.0 Å². The van der Waals surface area contributed by atoms with Crippen molar-refractivity contribution in [2.45, 2.75) is 57.7 Å². The van der Waals surface area contributed by atoms with Gasteiger partial charge in [0.2, 0.25) is 0 Å². The molecule has 0 radical (unpaired) electrons. The summed E-state index contributed by atoms with van der Waals surface area (Å²) in [7, 11) is 0.